The van der Waals surface area contributed by atoms with E-state index in [1.165, 1.54) is 6.92 Å². The van der Waals surface area contributed by atoms with Crippen molar-refractivity contribution in [1.82, 2.24) is 0 Å². The van der Waals surface area contributed by atoms with Crippen LogP contribution in [-0.2, 0) is 14.6 Å². The molecule has 0 bridgehead atoms. The number of allylic oxidation sites excluding steroid dienone is 1. The zero-order valence-corrected chi connectivity index (χ0v) is 9.00. The first kappa shape index (κ1) is 14.7. The van der Waals surface area contributed by atoms with E-state index in [4.69, 9.17) is 0 Å². The highest BCUT2D eigenvalue weighted by atomic mass is 17.2. The molecule has 0 aromatic rings. The molecule has 0 radical (unpaired) electrons. The Morgan fingerprint density at radius 1 is 1.54 bits per heavy atom. The quantitative estimate of drug-likeness (QED) is 0.294. The molecule has 0 amide bonds. The minimum atomic E-state index is -0.399. The second-order valence-electron chi connectivity index (χ2n) is 2.99. The SMILES string of the molecule is C=CC.CC(=O)OOCCC(C)C. The highest BCUT2D eigenvalue weighted by Gasteiger charge is 1.95. The normalized spacial score (nSPS) is 8.69. The summed E-state index contributed by atoms with van der Waals surface area (Å²) in [5, 5.41) is 0. The molecule has 0 aliphatic heterocycles. The van der Waals surface area contributed by atoms with Crippen molar-refractivity contribution in [3.05, 3.63) is 12.7 Å². The second kappa shape index (κ2) is 11.2. The van der Waals surface area contributed by atoms with E-state index in [0.29, 0.717) is 12.5 Å². The third-order valence-electron chi connectivity index (χ3n) is 0.955. The van der Waals surface area contributed by atoms with Gasteiger partial charge in [0, 0.05) is 6.92 Å². The van der Waals surface area contributed by atoms with Crippen LogP contribution in [0.2, 0.25) is 0 Å². The summed E-state index contributed by atoms with van der Waals surface area (Å²) in [5.74, 6) is 0.180. The van der Waals surface area contributed by atoms with Crippen LogP contribution in [0.3, 0.4) is 0 Å². The van der Waals surface area contributed by atoms with Gasteiger partial charge in [-0.05, 0) is 19.3 Å². The van der Waals surface area contributed by atoms with Gasteiger partial charge in [0.1, 0.15) is 0 Å². The molecule has 78 valence electrons. The monoisotopic (exact) mass is 188 g/mol. The van der Waals surface area contributed by atoms with E-state index < -0.39 is 5.97 Å². The maximum absolute atomic E-state index is 10.1. The van der Waals surface area contributed by atoms with Gasteiger partial charge in [-0.2, -0.15) is 4.89 Å². The fourth-order valence-corrected chi connectivity index (χ4v) is 0.408. The molecule has 3 nitrogen and oxygen atoms in total. The van der Waals surface area contributed by atoms with Gasteiger partial charge < -0.3 is 0 Å². The lowest BCUT2D eigenvalue weighted by Gasteiger charge is -2.02. The predicted octanol–water partition coefficient (Wildman–Crippen LogP) is 2.72. The summed E-state index contributed by atoms with van der Waals surface area (Å²) in [7, 11) is 0. The Kier molecular flexibility index (Phi) is 12.6. The molecule has 0 aromatic heterocycles. The lowest BCUT2D eigenvalue weighted by Crippen LogP contribution is -2.03. The first-order valence-electron chi connectivity index (χ1n) is 4.41. The van der Waals surface area contributed by atoms with Gasteiger partial charge in [0.15, 0.2) is 0 Å². The molecule has 0 N–H and O–H groups in total. The maximum Gasteiger partial charge on any atom is 0.339 e. The molecular weight excluding hydrogens is 168 g/mol. The molecule has 0 aliphatic rings. The maximum atomic E-state index is 10.1. The van der Waals surface area contributed by atoms with Crippen molar-refractivity contribution in [2.45, 2.75) is 34.1 Å². The van der Waals surface area contributed by atoms with E-state index in [0.717, 1.165) is 6.42 Å². The second-order valence-corrected chi connectivity index (χ2v) is 2.99. The van der Waals surface area contributed by atoms with Crippen LogP contribution in [0.1, 0.15) is 34.1 Å². The Hall–Kier alpha value is -0.830. The van der Waals surface area contributed by atoms with Crippen molar-refractivity contribution in [3.63, 3.8) is 0 Å². The largest absolute Gasteiger partial charge is 0.339 e. The standard InChI is InChI=1S/C7H14O3.C3H6/c1-6(2)4-5-9-10-7(3)8;1-3-2/h6H,4-5H2,1-3H3;3H,1H2,2H3. The first-order valence-corrected chi connectivity index (χ1v) is 4.41. The molecule has 0 atom stereocenters. The van der Waals surface area contributed by atoms with Gasteiger partial charge in [-0.1, -0.05) is 19.9 Å². The molecule has 0 unspecified atom stereocenters. The fraction of sp³-hybridized carbons (Fsp3) is 0.700. The summed E-state index contributed by atoms with van der Waals surface area (Å²) >= 11 is 0. The van der Waals surface area contributed by atoms with E-state index in [-0.39, 0.29) is 0 Å². The third-order valence-corrected chi connectivity index (χ3v) is 0.955. The molecule has 0 saturated carbocycles. The van der Waals surface area contributed by atoms with Crippen molar-refractivity contribution >= 4 is 5.97 Å². The van der Waals surface area contributed by atoms with E-state index in [2.05, 4.69) is 30.2 Å². The zero-order chi connectivity index (χ0) is 10.7. The molecule has 0 spiro atoms. The average molecular weight is 188 g/mol. The fourth-order valence-electron chi connectivity index (χ4n) is 0.408. The van der Waals surface area contributed by atoms with Crippen LogP contribution in [0.4, 0.5) is 0 Å². The summed E-state index contributed by atoms with van der Waals surface area (Å²) in [6, 6.07) is 0. The van der Waals surface area contributed by atoms with Crippen molar-refractivity contribution in [2.75, 3.05) is 6.61 Å². The van der Waals surface area contributed by atoms with Crippen molar-refractivity contribution in [1.29, 1.82) is 0 Å². The van der Waals surface area contributed by atoms with Crippen molar-refractivity contribution < 1.29 is 14.6 Å². The van der Waals surface area contributed by atoms with Gasteiger partial charge in [0.05, 0.1) is 6.61 Å². The van der Waals surface area contributed by atoms with Crippen LogP contribution in [-0.4, -0.2) is 12.6 Å². The molecule has 3 heteroatoms. The highest BCUT2D eigenvalue weighted by molar-refractivity contribution is 5.65. The number of carbonyl (C=O) groups is 1. The Morgan fingerprint density at radius 2 is 2.00 bits per heavy atom. The van der Waals surface area contributed by atoms with Gasteiger partial charge in [-0.25, -0.2) is 4.79 Å². The lowest BCUT2D eigenvalue weighted by atomic mass is 10.1. The van der Waals surface area contributed by atoms with Crippen LogP contribution < -0.4 is 0 Å². The summed E-state index contributed by atoms with van der Waals surface area (Å²) in [5.41, 5.74) is 0. The molecule has 0 rings (SSSR count). The third kappa shape index (κ3) is 24.7. The highest BCUT2D eigenvalue weighted by Crippen LogP contribution is 1.98. The summed E-state index contributed by atoms with van der Waals surface area (Å²) < 4.78 is 0. The molecule has 0 aromatic carbocycles. The molecule has 0 saturated heterocycles. The number of carbonyl (C=O) groups excluding carboxylic acids is 1. The van der Waals surface area contributed by atoms with E-state index in [9.17, 15) is 4.79 Å². The van der Waals surface area contributed by atoms with Crippen molar-refractivity contribution in [3.8, 4) is 0 Å². The van der Waals surface area contributed by atoms with Gasteiger partial charge in [0.25, 0.3) is 0 Å². The Bertz CT molecular complexity index is 130. The minimum absolute atomic E-state index is 0.399. The van der Waals surface area contributed by atoms with Crippen LogP contribution in [0.5, 0.6) is 0 Å². The average Bonchev–Trinajstić information content (AvgIpc) is 1.99. The first-order chi connectivity index (χ1) is 6.04. The molecular formula is C10H20O3. The number of hydrogen-bond donors (Lipinski definition) is 0. The molecule has 0 fully saturated rings. The van der Waals surface area contributed by atoms with Gasteiger partial charge in [-0.3, -0.25) is 4.89 Å². The van der Waals surface area contributed by atoms with E-state index >= 15 is 0 Å². The van der Waals surface area contributed by atoms with Crippen LogP contribution in [0, 0.1) is 5.92 Å². The van der Waals surface area contributed by atoms with Crippen molar-refractivity contribution in [2.24, 2.45) is 5.92 Å². The van der Waals surface area contributed by atoms with Crippen LogP contribution in [0.25, 0.3) is 0 Å². The summed E-state index contributed by atoms with van der Waals surface area (Å²) in [6.07, 6.45) is 2.66. The number of hydrogen-bond acceptors (Lipinski definition) is 3. The predicted molar refractivity (Wildman–Crippen MR) is 53.0 cm³/mol. The van der Waals surface area contributed by atoms with Gasteiger partial charge in [-0.15, -0.1) is 6.58 Å². The Balaban J connectivity index is 0. The molecule has 13 heavy (non-hydrogen) atoms. The molecule has 0 aliphatic carbocycles. The van der Waals surface area contributed by atoms with Crippen LogP contribution >= 0.6 is 0 Å². The summed E-state index contributed by atoms with van der Waals surface area (Å²) in [6.45, 7) is 11.2. The number of rotatable bonds is 4. The van der Waals surface area contributed by atoms with E-state index in [1.807, 2.05) is 6.92 Å². The molecule has 0 heterocycles. The summed E-state index contributed by atoms with van der Waals surface area (Å²) in [4.78, 5) is 19.0. The van der Waals surface area contributed by atoms with Gasteiger partial charge in [0.2, 0.25) is 0 Å². The minimum Gasteiger partial charge on any atom is -0.299 e. The van der Waals surface area contributed by atoms with E-state index in [1.54, 1.807) is 6.08 Å². The zero-order valence-electron chi connectivity index (χ0n) is 9.00. The van der Waals surface area contributed by atoms with Crippen LogP contribution in [0.15, 0.2) is 12.7 Å². The topological polar surface area (TPSA) is 35.5 Å². The van der Waals surface area contributed by atoms with Gasteiger partial charge >= 0.3 is 5.97 Å². The smallest absolute Gasteiger partial charge is 0.299 e. The lowest BCUT2D eigenvalue weighted by molar-refractivity contribution is -0.271. The Morgan fingerprint density at radius 3 is 2.31 bits per heavy atom. The Labute approximate surface area is 80.7 Å².